The third kappa shape index (κ3) is 6.89. The summed E-state index contributed by atoms with van der Waals surface area (Å²) in [5.41, 5.74) is 2.24. The van der Waals surface area contributed by atoms with Crippen LogP contribution in [0.4, 0.5) is 0 Å². The Morgan fingerprint density at radius 3 is 2.72 bits per heavy atom. The van der Waals surface area contributed by atoms with Crippen LogP contribution in [0.3, 0.4) is 0 Å². The number of halogens is 1. The topological polar surface area (TPSA) is 45.5 Å². The Labute approximate surface area is 167 Å². The minimum absolute atomic E-state index is 0. The number of aliphatic imine (C=N–C) groups is 1. The number of allylic oxidation sites excluding steroid dienone is 1. The fourth-order valence-electron chi connectivity index (χ4n) is 2.39. The molecule has 136 valence electrons. The van der Waals surface area contributed by atoms with Gasteiger partial charge in [0.15, 0.2) is 5.96 Å². The number of rotatable bonds is 8. The molecule has 0 saturated carbocycles. The lowest BCUT2D eigenvalue weighted by Gasteiger charge is -2.21. The SMILES string of the molecule is C=CCCCN(C)C(=NCc1ccc(-n2cccn2)cc1)NCC.I. The Morgan fingerprint density at radius 2 is 2.12 bits per heavy atom. The smallest absolute Gasteiger partial charge is 0.193 e. The van der Waals surface area contributed by atoms with Crippen molar-refractivity contribution in [3.63, 3.8) is 0 Å². The summed E-state index contributed by atoms with van der Waals surface area (Å²) in [5.74, 6) is 0.942. The van der Waals surface area contributed by atoms with Crippen molar-refractivity contribution in [2.75, 3.05) is 20.1 Å². The highest BCUT2D eigenvalue weighted by molar-refractivity contribution is 14.0. The Kier molecular flexibility index (Phi) is 9.91. The van der Waals surface area contributed by atoms with E-state index in [0.29, 0.717) is 6.54 Å². The Bertz CT molecular complexity index is 634. The summed E-state index contributed by atoms with van der Waals surface area (Å²) in [6.45, 7) is 8.35. The van der Waals surface area contributed by atoms with Crippen LogP contribution < -0.4 is 5.32 Å². The summed E-state index contributed by atoms with van der Waals surface area (Å²) >= 11 is 0. The Balaban J connectivity index is 0.00000312. The van der Waals surface area contributed by atoms with Crippen molar-refractivity contribution in [2.24, 2.45) is 4.99 Å². The summed E-state index contributed by atoms with van der Waals surface area (Å²) in [5, 5.41) is 7.59. The number of hydrogen-bond donors (Lipinski definition) is 1. The average Bonchev–Trinajstić information content (AvgIpc) is 3.14. The molecule has 1 aromatic carbocycles. The monoisotopic (exact) mass is 453 g/mol. The standard InChI is InChI=1S/C19H27N5.HI/c1-4-6-7-14-23(3)19(20-5-2)21-16-17-9-11-18(12-10-17)24-15-8-13-22-24;/h4,8-13,15H,1,5-7,14,16H2,2-3H3,(H,20,21);1H. The van der Waals surface area contributed by atoms with Crippen molar-refractivity contribution in [1.29, 1.82) is 0 Å². The van der Waals surface area contributed by atoms with Crippen LogP contribution in [-0.2, 0) is 6.54 Å². The molecule has 1 aromatic heterocycles. The number of aromatic nitrogens is 2. The fraction of sp³-hybridized carbons (Fsp3) is 0.368. The Morgan fingerprint density at radius 1 is 1.36 bits per heavy atom. The molecule has 0 unspecified atom stereocenters. The van der Waals surface area contributed by atoms with Gasteiger partial charge in [-0.2, -0.15) is 5.10 Å². The van der Waals surface area contributed by atoms with Crippen LogP contribution in [0.2, 0.25) is 0 Å². The van der Waals surface area contributed by atoms with Crippen LogP contribution in [0.5, 0.6) is 0 Å². The van der Waals surface area contributed by atoms with Gasteiger partial charge in [0.2, 0.25) is 0 Å². The highest BCUT2D eigenvalue weighted by Gasteiger charge is 2.05. The second kappa shape index (κ2) is 11.7. The van der Waals surface area contributed by atoms with Crippen molar-refractivity contribution in [2.45, 2.75) is 26.3 Å². The van der Waals surface area contributed by atoms with E-state index in [1.807, 2.05) is 23.0 Å². The van der Waals surface area contributed by atoms with Crippen LogP contribution in [0.1, 0.15) is 25.3 Å². The summed E-state index contributed by atoms with van der Waals surface area (Å²) in [4.78, 5) is 6.91. The number of guanidine groups is 1. The fourth-order valence-corrected chi connectivity index (χ4v) is 2.39. The van der Waals surface area contributed by atoms with Gasteiger partial charge in [-0.3, -0.25) is 0 Å². The second-order valence-corrected chi connectivity index (χ2v) is 5.64. The Hall–Kier alpha value is -1.83. The van der Waals surface area contributed by atoms with E-state index in [2.05, 4.69) is 60.1 Å². The lowest BCUT2D eigenvalue weighted by Crippen LogP contribution is -2.39. The van der Waals surface area contributed by atoms with Crippen molar-refractivity contribution in [1.82, 2.24) is 20.0 Å². The zero-order valence-electron chi connectivity index (χ0n) is 15.1. The molecule has 5 nitrogen and oxygen atoms in total. The summed E-state index contributed by atoms with van der Waals surface area (Å²) < 4.78 is 1.85. The highest BCUT2D eigenvalue weighted by atomic mass is 127. The largest absolute Gasteiger partial charge is 0.357 e. The van der Waals surface area contributed by atoms with Gasteiger partial charge in [-0.05, 0) is 43.5 Å². The van der Waals surface area contributed by atoms with E-state index in [1.165, 1.54) is 5.56 Å². The third-order valence-electron chi connectivity index (χ3n) is 3.71. The normalized spacial score (nSPS) is 10.9. The summed E-state index contributed by atoms with van der Waals surface area (Å²) in [6, 6.07) is 10.3. The lowest BCUT2D eigenvalue weighted by atomic mass is 10.2. The lowest BCUT2D eigenvalue weighted by molar-refractivity contribution is 0.470. The number of nitrogens with one attached hydrogen (secondary N) is 1. The minimum Gasteiger partial charge on any atom is -0.357 e. The van der Waals surface area contributed by atoms with Gasteiger partial charge < -0.3 is 10.2 Å². The zero-order chi connectivity index (χ0) is 17.2. The van der Waals surface area contributed by atoms with Gasteiger partial charge in [-0.15, -0.1) is 30.6 Å². The molecule has 0 fully saturated rings. The number of nitrogens with zero attached hydrogens (tertiary/aromatic N) is 4. The first-order chi connectivity index (χ1) is 11.7. The van der Waals surface area contributed by atoms with E-state index in [0.717, 1.165) is 37.6 Å². The van der Waals surface area contributed by atoms with E-state index in [4.69, 9.17) is 4.99 Å². The van der Waals surface area contributed by atoms with Gasteiger partial charge in [0.25, 0.3) is 0 Å². The van der Waals surface area contributed by atoms with Gasteiger partial charge in [0.1, 0.15) is 0 Å². The molecule has 2 rings (SSSR count). The maximum Gasteiger partial charge on any atom is 0.193 e. The maximum absolute atomic E-state index is 4.74. The molecule has 1 N–H and O–H groups in total. The molecule has 0 saturated heterocycles. The van der Waals surface area contributed by atoms with Crippen molar-refractivity contribution in [3.05, 3.63) is 60.9 Å². The number of hydrogen-bond acceptors (Lipinski definition) is 2. The molecule has 2 aromatic rings. The molecule has 0 spiro atoms. The molecule has 0 aliphatic rings. The summed E-state index contributed by atoms with van der Waals surface area (Å²) in [7, 11) is 2.07. The molecule has 0 bridgehead atoms. The van der Waals surface area contributed by atoms with Gasteiger partial charge >= 0.3 is 0 Å². The van der Waals surface area contributed by atoms with Crippen LogP contribution in [-0.4, -0.2) is 40.8 Å². The maximum atomic E-state index is 4.74. The van der Waals surface area contributed by atoms with E-state index < -0.39 is 0 Å². The molecule has 0 amide bonds. The van der Waals surface area contributed by atoms with Gasteiger partial charge in [0, 0.05) is 32.5 Å². The van der Waals surface area contributed by atoms with Crippen LogP contribution in [0, 0.1) is 0 Å². The minimum atomic E-state index is 0. The third-order valence-corrected chi connectivity index (χ3v) is 3.71. The first-order valence-electron chi connectivity index (χ1n) is 8.44. The van der Waals surface area contributed by atoms with Crippen molar-refractivity contribution >= 4 is 29.9 Å². The molecular formula is C19H28IN5. The first-order valence-corrected chi connectivity index (χ1v) is 8.44. The van der Waals surface area contributed by atoms with Gasteiger partial charge in [-0.25, -0.2) is 9.67 Å². The van der Waals surface area contributed by atoms with E-state index >= 15 is 0 Å². The summed E-state index contributed by atoms with van der Waals surface area (Å²) in [6.07, 6.45) is 7.79. The predicted octanol–water partition coefficient (Wildman–Crippen LogP) is 3.85. The molecular weight excluding hydrogens is 425 g/mol. The molecule has 1 heterocycles. The van der Waals surface area contributed by atoms with Crippen LogP contribution in [0.15, 0.2) is 60.4 Å². The molecule has 0 atom stereocenters. The number of unbranched alkanes of at least 4 members (excludes halogenated alkanes) is 1. The molecule has 0 radical (unpaired) electrons. The van der Waals surface area contributed by atoms with Gasteiger partial charge in [-0.1, -0.05) is 18.2 Å². The average molecular weight is 453 g/mol. The molecule has 0 aliphatic carbocycles. The van der Waals surface area contributed by atoms with Crippen LogP contribution >= 0.6 is 24.0 Å². The second-order valence-electron chi connectivity index (χ2n) is 5.64. The van der Waals surface area contributed by atoms with E-state index in [-0.39, 0.29) is 24.0 Å². The van der Waals surface area contributed by atoms with E-state index in [1.54, 1.807) is 6.20 Å². The molecule has 25 heavy (non-hydrogen) atoms. The van der Waals surface area contributed by atoms with E-state index in [9.17, 15) is 0 Å². The zero-order valence-corrected chi connectivity index (χ0v) is 17.4. The number of benzene rings is 1. The first kappa shape index (κ1) is 21.2. The molecule has 6 heteroatoms. The quantitative estimate of drug-likeness (QED) is 0.217. The highest BCUT2D eigenvalue weighted by Crippen LogP contribution is 2.09. The van der Waals surface area contributed by atoms with Crippen molar-refractivity contribution in [3.8, 4) is 5.69 Å². The van der Waals surface area contributed by atoms with Crippen LogP contribution in [0.25, 0.3) is 5.69 Å². The van der Waals surface area contributed by atoms with Crippen molar-refractivity contribution < 1.29 is 0 Å². The predicted molar refractivity (Wildman–Crippen MR) is 116 cm³/mol. The molecule has 0 aliphatic heterocycles. The van der Waals surface area contributed by atoms with Gasteiger partial charge in [0.05, 0.1) is 12.2 Å².